The van der Waals surface area contributed by atoms with Crippen LogP contribution in [-0.2, 0) is 4.79 Å². The van der Waals surface area contributed by atoms with Crippen LogP contribution in [-0.4, -0.2) is 5.91 Å². The molecular weight excluding hydrogens is 102 g/mol. The van der Waals surface area contributed by atoms with Gasteiger partial charge in [0.2, 0.25) is 5.91 Å². The van der Waals surface area contributed by atoms with Crippen LogP contribution in [0.15, 0.2) is 0 Å². The molecule has 2 heteroatoms. The molecule has 0 aliphatic heterocycles. The van der Waals surface area contributed by atoms with Crippen LogP contribution >= 0.6 is 0 Å². The minimum absolute atomic E-state index is 0.264. The van der Waals surface area contributed by atoms with E-state index in [9.17, 15) is 4.79 Å². The van der Waals surface area contributed by atoms with Crippen LogP contribution in [0.25, 0.3) is 0 Å². The van der Waals surface area contributed by atoms with Crippen molar-refractivity contribution < 1.29 is 4.79 Å². The molecule has 2 unspecified atom stereocenters. The van der Waals surface area contributed by atoms with Gasteiger partial charge >= 0.3 is 0 Å². The number of rotatable bonds is 1. The summed E-state index contributed by atoms with van der Waals surface area (Å²) in [6.45, 7) is 3.86. The zero-order valence-electron chi connectivity index (χ0n) is 5.19. The summed E-state index contributed by atoms with van der Waals surface area (Å²) in [5.41, 5.74) is 6.52. The van der Waals surface area contributed by atoms with E-state index in [1.165, 1.54) is 0 Å². The van der Waals surface area contributed by atoms with Crippen LogP contribution < -0.4 is 5.73 Å². The maximum atomic E-state index is 10.4. The first-order valence-corrected chi connectivity index (χ1v) is 2.83. The highest BCUT2D eigenvalue weighted by molar-refractivity contribution is 5.82. The van der Waals surface area contributed by atoms with Crippen LogP contribution in [0.2, 0.25) is 0 Å². The van der Waals surface area contributed by atoms with Gasteiger partial charge in [-0.2, -0.15) is 0 Å². The fourth-order valence-electron chi connectivity index (χ4n) is 0.894. The zero-order chi connectivity index (χ0) is 6.36. The van der Waals surface area contributed by atoms with Crippen molar-refractivity contribution in [1.82, 2.24) is 5.73 Å². The van der Waals surface area contributed by atoms with Crippen molar-refractivity contribution in [2.45, 2.75) is 20.3 Å². The van der Waals surface area contributed by atoms with Crippen LogP contribution in [0.1, 0.15) is 20.3 Å². The molecule has 0 spiro atoms. The number of amides is 1. The molecule has 1 saturated carbocycles. The molecule has 0 aromatic heterocycles. The quantitative estimate of drug-likeness (QED) is 0.495. The van der Waals surface area contributed by atoms with Gasteiger partial charge in [-0.1, -0.05) is 13.8 Å². The zero-order valence-corrected chi connectivity index (χ0v) is 5.19. The smallest absolute Gasteiger partial charge is 0.244 e. The van der Waals surface area contributed by atoms with Gasteiger partial charge in [-0.15, -0.1) is 0 Å². The van der Waals surface area contributed by atoms with Crippen molar-refractivity contribution in [2.75, 3.05) is 0 Å². The van der Waals surface area contributed by atoms with Gasteiger partial charge in [0.1, 0.15) is 0 Å². The molecule has 45 valence electrons. The Kier molecular flexibility index (Phi) is 0.872. The average Bonchev–Trinajstić information content (AvgIpc) is 2.17. The van der Waals surface area contributed by atoms with E-state index in [1.54, 1.807) is 0 Å². The van der Waals surface area contributed by atoms with E-state index in [-0.39, 0.29) is 5.41 Å². The van der Waals surface area contributed by atoms with Gasteiger partial charge in [0.15, 0.2) is 0 Å². The first kappa shape index (κ1) is 5.60. The maximum absolute atomic E-state index is 10.4. The van der Waals surface area contributed by atoms with Crippen molar-refractivity contribution >= 4 is 5.91 Å². The Morgan fingerprint density at radius 2 is 2.25 bits per heavy atom. The van der Waals surface area contributed by atoms with Crippen molar-refractivity contribution in [3.63, 3.8) is 0 Å². The third-order valence-electron chi connectivity index (χ3n) is 2.18. The predicted octanol–water partition coefficient (Wildman–Crippen LogP) is 0.842. The van der Waals surface area contributed by atoms with Crippen LogP contribution in [0.5, 0.6) is 0 Å². The normalized spacial score (nSPS) is 44.0. The van der Waals surface area contributed by atoms with Crippen molar-refractivity contribution in [3.05, 3.63) is 0 Å². The molecule has 2 atom stereocenters. The monoisotopic (exact) mass is 112 g/mol. The molecule has 8 heavy (non-hydrogen) atoms. The van der Waals surface area contributed by atoms with E-state index in [0.29, 0.717) is 5.92 Å². The Balaban J connectivity index is 2.60. The minimum Gasteiger partial charge on any atom is -0.273 e. The van der Waals surface area contributed by atoms with Crippen LogP contribution in [0.4, 0.5) is 0 Å². The highest BCUT2D eigenvalue weighted by atomic mass is 16.1. The van der Waals surface area contributed by atoms with Gasteiger partial charge in [0, 0.05) is 0 Å². The minimum atomic E-state index is -0.398. The summed E-state index contributed by atoms with van der Waals surface area (Å²) >= 11 is 0. The second-order valence-electron chi connectivity index (χ2n) is 2.85. The molecular formula is C6H10NO. The molecule has 0 heterocycles. The van der Waals surface area contributed by atoms with Gasteiger partial charge in [-0.05, 0) is 12.3 Å². The van der Waals surface area contributed by atoms with Gasteiger partial charge in [-0.25, -0.2) is 0 Å². The van der Waals surface area contributed by atoms with E-state index in [2.05, 4.69) is 0 Å². The topological polar surface area (TPSA) is 40.9 Å². The standard InChI is InChI=1S/C6H10NO/c1-4-3-6(4,2)5(7)8/h4,7H,3H2,1-2H3. The second kappa shape index (κ2) is 1.24. The summed E-state index contributed by atoms with van der Waals surface area (Å²) in [5, 5.41) is 0. The SMILES string of the molecule is CC1CC1(C)C([NH])=O. The van der Waals surface area contributed by atoms with Gasteiger partial charge in [0.25, 0.3) is 0 Å². The molecule has 1 radical (unpaired) electrons. The first-order valence-electron chi connectivity index (χ1n) is 2.83. The summed E-state index contributed by atoms with van der Waals surface area (Å²) in [6.07, 6.45) is 0.912. The molecule has 1 aliphatic carbocycles. The molecule has 1 amide bonds. The number of nitrogens with one attached hydrogen (secondary N) is 1. The van der Waals surface area contributed by atoms with E-state index in [4.69, 9.17) is 5.73 Å². The summed E-state index contributed by atoms with van der Waals surface area (Å²) in [4.78, 5) is 10.4. The molecule has 1 N–H and O–H groups in total. The summed E-state index contributed by atoms with van der Waals surface area (Å²) in [5.74, 6) is 0.0532. The Hall–Kier alpha value is -0.530. The van der Waals surface area contributed by atoms with E-state index in [1.807, 2.05) is 13.8 Å². The third kappa shape index (κ3) is 0.522. The first-order chi connectivity index (χ1) is 3.57. The van der Waals surface area contributed by atoms with Crippen molar-refractivity contribution in [2.24, 2.45) is 11.3 Å². The highest BCUT2D eigenvalue weighted by Crippen LogP contribution is 2.51. The molecule has 0 aromatic rings. The Labute approximate surface area is 49.1 Å². The Morgan fingerprint density at radius 1 is 1.88 bits per heavy atom. The van der Waals surface area contributed by atoms with E-state index in [0.717, 1.165) is 6.42 Å². The van der Waals surface area contributed by atoms with Gasteiger partial charge in [-0.3, -0.25) is 10.5 Å². The number of carbonyl (C=O) groups is 1. The van der Waals surface area contributed by atoms with Crippen molar-refractivity contribution in [1.29, 1.82) is 0 Å². The van der Waals surface area contributed by atoms with Crippen LogP contribution in [0.3, 0.4) is 0 Å². The predicted molar refractivity (Wildman–Crippen MR) is 30.0 cm³/mol. The van der Waals surface area contributed by atoms with Crippen LogP contribution in [0, 0.1) is 11.3 Å². The number of hydrogen-bond donors (Lipinski definition) is 0. The molecule has 1 aliphatic rings. The number of hydrogen-bond acceptors (Lipinski definition) is 1. The molecule has 0 aromatic carbocycles. The molecule has 1 rings (SSSR count). The molecule has 0 bridgehead atoms. The van der Waals surface area contributed by atoms with E-state index >= 15 is 0 Å². The fraction of sp³-hybridized carbons (Fsp3) is 0.833. The van der Waals surface area contributed by atoms with Gasteiger partial charge < -0.3 is 0 Å². The lowest BCUT2D eigenvalue weighted by molar-refractivity contribution is -0.123. The molecule has 1 fully saturated rings. The summed E-state index contributed by atoms with van der Waals surface area (Å²) in [6, 6.07) is 0. The lowest BCUT2D eigenvalue weighted by Crippen LogP contribution is -2.13. The largest absolute Gasteiger partial charge is 0.273 e. The van der Waals surface area contributed by atoms with E-state index < -0.39 is 5.91 Å². The van der Waals surface area contributed by atoms with Gasteiger partial charge in [0.05, 0.1) is 5.41 Å². The second-order valence-corrected chi connectivity index (χ2v) is 2.85. The summed E-state index contributed by atoms with van der Waals surface area (Å²) in [7, 11) is 0. The highest BCUT2D eigenvalue weighted by Gasteiger charge is 2.52. The lowest BCUT2D eigenvalue weighted by Gasteiger charge is -1.98. The number of carbonyl (C=O) groups excluding carboxylic acids is 1. The average molecular weight is 112 g/mol. The maximum Gasteiger partial charge on any atom is 0.244 e. The molecule has 2 nitrogen and oxygen atoms in total. The molecule has 0 saturated heterocycles. The lowest BCUT2D eigenvalue weighted by atomic mass is 10.1. The summed E-state index contributed by atoms with van der Waals surface area (Å²) < 4.78 is 0. The Bertz CT molecular complexity index is 132. The third-order valence-corrected chi connectivity index (χ3v) is 2.18. The fourth-order valence-corrected chi connectivity index (χ4v) is 0.894. The Morgan fingerprint density at radius 3 is 2.25 bits per heavy atom. The van der Waals surface area contributed by atoms with Crippen molar-refractivity contribution in [3.8, 4) is 0 Å².